The van der Waals surface area contributed by atoms with Gasteiger partial charge in [0.2, 0.25) is 0 Å². The Morgan fingerprint density at radius 3 is 2.95 bits per heavy atom. The monoisotopic (exact) mass is 307 g/mol. The van der Waals surface area contributed by atoms with E-state index in [0.717, 1.165) is 17.2 Å². The van der Waals surface area contributed by atoms with Crippen LogP contribution in [0.5, 0.6) is 5.75 Å². The van der Waals surface area contributed by atoms with Crippen molar-refractivity contribution in [1.82, 2.24) is 0 Å². The van der Waals surface area contributed by atoms with Gasteiger partial charge in [0.05, 0.1) is 12.7 Å². The largest absolute Gasteiger partial charge is 0.491 e. The molecule has 0 radical (unpaired) electrons. The van der Waals surface area contributed by atoms with Crippen molar-refractivity contribution in [1.29, 1.82) is 0 Å². The van der Waals surface area contributed by atoms with Crippen LogP contribution in [0.25, 0.3) is 0 Å². The molecule has 4 heteroatoms. The molecule has 0 heterocycles. The van der Waals surface area contributed by atoms with E-state index in [1.54, 1.807) is 0 Å². The van der Waals surface area contributed by atoms with Crippen LogP contribution in [0.2, 0.25) is 0 Å². The highest BCUT2D eigenvalue weighted by molar-refractivity contribution is 7.80. The van der Waals surface area contributed by atoms with Crippen molar-refractivity contribution < 1.29 is 9.47 Å². The zero-order chi connectivity index (χ0) is 15.1. The van der Waals surface area contributed by atoms with Crippen LogP contribution in [-0.4, -0.2) is 24.3 Å². The molecule has 0 spiro atoms. The number of benzene rings is 1. The molecule has 3 nitrogen and oxygen atoms in total. The Kier molecular flexibility index (Phi) is 6.46. The van der Waals surface area contributed by atoms with Gasteiger partial charge in [-0.15, -0.1) is 0 Å². The van der Waals surface area contributed by atoms with Crippen LogP contribution in [0.3, 0.4) is 0 Å². The number of thiocarbonyl (C=S) groups is 1. The summed E-state index contributed by atoms with van der Waals surface area (Å²) >= 11 is 4.96. The maximum atomic E-state index is 5.94. The van der Waals surface area contributed by atoms with E-state index in [9.17, 15) is 0 Å². The highest BCUT2D eigenvalue weighted by atomic mass is 32.1. The average molecular weight is 307 g/mol. The van der Waals surface area contributed by atoms with Gasteiger partial charge >= 0.3 is 0 Å². The maximum Gasteiger partial charge on any atom is 0.120 e. The lowest BCUT2D eigenvalue weighted by Crippen LogP contribution is -2.24. The summed E-state index contributed by atoms with van der Waals surface area (Å²) in [5.41, 5.74) is 6.45. The molecule has 0 amide bonds. The van der Waals surface area contributed by atoms with Gasteiger partial charge < -0.3 is 15.2 Å². The SMILES string of the molecule is CCC1CCCC(OCCOc2cccc(C(N)=S)c2)C1. The van der Waals surface area contributed by atoms with Gasteiger partial charge in [-0.05, 0) is 30.9 Å². The van der Waals surface area contributed by atoms with E-state index in [1.165, 1.54) is 32.1 Å². The molecule has 2 atom stereocenters. The molecule has 0 saturated heterocycles. The average Bonchev–Trinajstić information content (AvgIpc) is 2.52. The summed E-state index contributed by atoms with van der Waals surface area (Å²) in [5, 5.41) is 0. The topological polar surface area (TPSA) is 44.5 Å². The zero-order valence-corrected chi connectivity index (χ0v) is 13.5. The molecular formula is C17H25NO2S. The van der Waals surface area contributed by atoms with E-state index in [1.807, 2.05) is 24.3 Å². The highest BCUT2D eigenvalue weighted by Crippen LogP contribution is 2.28. The molecular weight excluding hydrogens is 282 g/mol. The van der Waals surface area contributed by atoms with E-state index >= 15 is 0 Å². The zero-order valence-electron chi connectivity index (χ0n) is 12.7. The normalized spacial score (nSPS) is 22.0. The van der Waals surface area contributed by atoms with Gasteiger partial charge in [0.1, 0.15) is 17.3 Å². The number of rotatable bonds is 7. The molecule has 0 bridgehead atoms. The molecule has 2 N–H and O–H groups in total. The molecule has 116 valence electrons. The Labute approximate surface area is 132 Å². The lowest BCUT2D eigenvalue weighted by Gasteiger charge is -2.28. The standard InChI is InChI=1S/C17H25NO2S/c1-2-13-5-3-7-15(11-13)19-9-10-20-16-8-4-6-14(12-16)17(18)21/h4,6,8,12-13,15H,2-3,5,7,9-11H2,1H3,(H2,18,21). The molecule has 2 rings (SSSR count). The number of hydrogen-bond acceptors (Lipinski definition) is 3. The summed E-state index contributed by atoms with van der Waals surface area (Å²) in [6.07, 6.45) is 6.72. The summed E-state index contributed by atoms with van der Waals surface area (Å²) in [6.45, 7) is 3.47. The van der Waals surface area contributed by atoms with Gasteiger partial charge in [0.25, 0.3) is 0 Å². The number of ether oxygens (including phenoxy) is 2. The smallest absolute Gasteiger partial charge is 0.120 e. The molecule has 1 aromatic rings. The fraction of sp³-hybridized carbons (Fsp3) is 0.588. The van der Waals surface area contributed by atoms with E-state index in [-0.39, 0.29) is 0 Å². The van der Waals surface area contributed by atoms with Crippen LogP contribution < -0.4 is 10.5 Å². The van der Waals surface area contributed by atoms with Crippen molar-refractivity contribution >= 4 is 17.2 Å². The third-order valence-corrected chi connectivity index (χ3v) is 4.37. The third-order valence-electron chi connectivity index (χ3n) is 4.14. The predicted molar refractivity (Wildman–Crippen MR) is 89.8 cm³/mol. The minimum absolute atomic E-state index is 0.393. The van der Waals surface area contributed by atoms with Gasteiger partial charge in [-0.2, -0.15) is 0 Å². The highest BCUT2D eigenvalue weighted by Gasteiger charge is 2.20. The van der Waals surface area contributed by atoms with Crippen molar-refractivity contribution in [3.63, 3.8) is 0 Å². The third kappa shape index (κ3) is 5.29. The van der Waals surface area contributed by atoms with E-state index in [4.69, 9.17) is 27.4 Å². The second kappa shape index (κ2) is 8.35. The Bertz CT molecular complexity index is 464. The number of hydrogen-bond donors (Lipinski definition) is 1. The first-order valence-corrected chi connectivity index (χ1v) is 8.24. The second-order valence-electron chi connectivity index (χ2n) is 5.67. The summed E-state index contributed by atoms with van der Waals surface area (Å²) in [5.74, 6) is 1.63. The van der Waals surface area contributed by atoms with Crippen LogP contribution in [0.4, 0.5) is 0 Å². The molecule has 21 heavy (non-hydrogen) atoms. The van der Waals surface area contributed by atoms with Crippen LogP contribution in [-0.2, 0) is 4.74 Å². The first-order valence-electron chi connectivity index (χ1n) is 7.83. The van der Waals surface area contributed by atoms with Crippen LogP contribution >= 0.6 is 12.2 Å². The van der Waals surface area contributed by atoms with Crippen LogP contribution in [0, 0.1) is 5.92 Å². The lowest BCUT2D eigenvalue weighted by molar-refractivity contribution is -0.000660. The molecule has 1 aliphatic carbocycles. The Morgan fingerprint density at radius 2 is 2.19 bits per heavy atom. The summed E-state index contributed by atoms with van der Waals surface area (Å²) in [4.78, 5) is 0.393. The van der Waals surface area contributed by atoms with Gasteiger partial charge in [0.15, 0.2) is 0 Å². The quantitative estimate of drug-likeness (QED) is 0.616. The van der Waals surface area contributed by atoms with Gasteiger partial charge in [-0.3, -0.25) is 0 Å². The minimum atomic E-state index is 0.393. The van der Waals surface area contributed by atoms with Gasteiger partial charge in [-0.1, -0.05) is 50.5 Å². The predicted octanol–water partition coefficient (Wildman–Crippen LogP) is 3.69. The Morgan fingerprint density at radius 1 is 1.33 bits per heavy atom. The number of nitrogens with two attached hydrogens (primary N) is 1. The fourth-order valence-corrected chi connectivity index (χ4v) is 3.00. The van der Waals surface area contributed by atoms with Gasteiger partial charge in [-0.25, -0.2) is 0 Å². The van der Waals surface area contributed by atoms with Crippen LogP contribution in [0.1, 0.15) is 44.6 Å². The molecule has 0 aromatic heterocycles. The van der Waals surface area contributed by atoms with Gasteiger partial charge in [0, 0.05) is 5.56 Å². The summed E-state index contributed by atoms with van der Waals surface area (Å²) < 4.78 is 11.6. The van der Waals surface area contributed by atoms with E-state index < -0.39 is 0 Å². The fourth-order valence-electron chi connectivity index (χ4n) is 2.88. The maximum absolute atomic E-state index is 5.94. The van der Waals surface area contributed by atoms with E-state index in [0.29, 0.717) is 24.3 Å². The Balaban J connectivity index is 1.70. The van der Waals surface area contributed by atoms with E-state index in [2.05, 4.69) is 6.92 Å². The minimum Gasteiger partial charge on any atom is -0.491 e. The summed E-state index contributed by atoms with van der Waals surface area (Å²) in [7, 11) is 0. The van der Waals surface area contributed by atoms with Crippen molar-refractivity contribution in [2.75, 3.05) is 13.2 Å². The lowest BCUT2D eigenvalue weighted by atomic mass is 9.85. The van der Waals surface area contributed by atoms with Crippen molar-refractivity contribution in [3.8, 4) is 5.75 Å². The Hall–Kier alpha value is -1.13. The molecule has 1 saturated carbocycles. The van der Waals surface area contributed by atoms with Crippen LogP contribution in [0.15, 0.2) is 24.3 Å². The second-order valence-corrected chi connectivity index (χ2v) is 6.11. The first kappa shape index (κ1) is 16.2. The molecule has 1 fully saturated rings. The summed E-state index contributed by atoms with van der Waals surface area (Å²) in [6, 6.07) is 7.57. The molecule has 1 aromatic carbocycles. The van der Waals surface area contributed by atoms with Crippen molar-refractivity contribution in [3.05, 3.63) is 29.8 Å². The molecule has 0 aliphatic heterocycles. The van der Waals surface area contributed by atoms with Crippen molar-refractivity contribution in [2.45, 2.75) is 45.1 Å². The molecule has 2 unspecified atom stereocenters. The molecule has 1 aliphatic rings. The first-order chi connectivity index (χ1) is 10.2. The van der Waals surface area contributed by atoms with Crippen molar-refractivity contribution in [2.24, 2.45) is 11.7 Å².